The van der Waals surface area contributed by atoms with Gasteiger partial charge in [0.2, 0.25) is 0 Å². The van der Waals surface area contributed by atoms with Gasteiger partial charge in [-0.3, -0.25) is 9.59 Å². The van der Waals surface area contributed by atoms with Gasteiger partial charge in [-0.1, -0.05) is 13.2 Å². The molecule has 0 aromatic heterocycles. The number of cyclic esters (lactones) is 2. The lowest BCUT2D eigenvalue weighted by Crippen LogP contribution is -2.07. The lowest BCUT2D eigenvalue weighted by atomic mass is 10.2. The summed E-state index contributed by atoms with van der Waals surface area (Å²) in [6.45, 7) is 9.20. The van der Waals surface area contributed by atoms with Crippen molar-refractivity contribution in [1.82, 2.24) is 0 Å². The van der Waals surface area contributed by atoms with E-state index in [9.17, 15) is 19.2 Å². The Morgan fingerprint density at radius 2 is 1.14 bits per heavy atom. The van der Waals surface area contributed by atoms with Gasteiger partial charge in [0.15, 0.2) is 0 Å². The summed E-state index contributed by atoms with van der Waals surface area (Å²) < 4.78 is 4.33. The summed E-state index contributed by atoms with van der Waals surface area (Å²) in [6, 6.07) is 0. The first kappa shape index (κ1) is 20.9. The van der Waals surface area contributed by atoms with Crippen LogP contribution >= 0.6 is 0 Å². The molecule has 7 heteroatoms. The smallest absolute Gasteiger partial charge is 0.330 e. The number of carboxylic acid groups (broad SMARTS) is 2. The van der Waals surface area contributed by atoms with Crippen LogP contribution in [0.1, 0.15) is 39.5 Å². The maximum Gasteiger partial charge on any atom is 0.330 e. The molecule has 0 aromatic carbocycles. The normalized spacial score (nSPS) is 13.2. The summed E-state index contributed by atoms with van der Waals surface area (Å²) in [5.41, 5.74) is 0.352. The Bertz CT molecular complexity index is 371. The van der Waals surface area contributed by atoms with E-state index in [1.54, 1.807) is 0 Å². The fourth-order valence-corrected chi connectivity index (χ4v) is 0.768. The standard InChI is InChI=1S/C6H8O3.2C4H6O2/c7-5-3-1-2-4-6(8)9-5;2*1-3(2)4(5)6/h1-4H2;2*1H2,2H3,(H,5,6). The summed E-state index contributed by atoms with van der Waals surface area (Å²) in [4.78, 5) is 40.1. The largest absolute Gasteiger partial charge is 0.478 e. The number of carbonyl (C=O) groups excluding carboxylic acids is 2. The number of hydrogen-bond acceptors (Lipinski definition) is 5. The molecule has 1 fully saturated rings. The first-order valence-corrected chi connectivity index (χ1v) is 6.09. The van der Waals surface area contributed by atoms with E-state index >= 15 is 0 Å². The van der Waals surface area contributed by atoms with Gasteiger partial charge in [0.25, 0.3) is 0 Å². The first-order chi connectivity index (χ1) is 9.57. The van der Waals surface area contributed by atoms with Gasteiger partial charge >= 0.3 is 23.9 Å². The molecular weight excluding hydrogens is 280 g/mol. The summed E-state index contributed by atoms with van der Waals surface area (Å²) in [6.07, 6.45) is 2.35. The first-order valence-electron chi connectivity index (χ1n) is 6.09. The Morgan fingerprint density at radius 3 is 1.33 bits per heavy atom. The van der Waals surface area contributed by atoms with E-state index in [0.717, 1.165) is 12.8 Å². The Kier molecular flexibility index (Phi) is 11.3. The molecule has 0 spiro atoms. The van der Waals surface area contributed by atoms with Gasteiger partial charge in [-0.2, -0.15) is 0 Å². The molecule has 0 unspecified atom stereocenters. The van der Waals surface area contributed by atoms with Gasteiger partial charge in [-0.15, -0.1) is 0 Å². The van der Waals surface area contributed by atoms with Crippen LogP contribution in [0.4, 0.5) is 0 Å². The predicted molar refractivity (Wildman–Crippen MR) is 74.5 cm³/mol. The molecule has 0 bridgehead atoms. The van der Waals surface area contributed by atoms with E-state index in [1.807, 2.05) is 0 Å². The van der Waals surface area contributed by atoms with Crippen molar-refractivity contribution >= 4 is 23.9 Å². The molecule has 0 aromatic rings. The molecular formula is C14H20O7. The summed E-state index contributed by atoms with van der Waals surface area (Å²) in [5.74, 6) is -2.62. The van der Waals surface area contributed by atoms with Crippen LogP contribution in [0.5, 0.6) is 0 Å². The fourth-order valence-electron chi connectivity index (χ4n) is 0.768. The predicted octanol–water partition coefficient (Wildman–Crippen LogP) is 1.92. The zero-order chi connectivity index (χ0) is 17.0. The van der Waals surface area contributed by atoms with Crippen LogP contribution in [0.3, 0.4) is 0 Å². The van der Waals surface area contributed by atoms with Crippen molar-refractivity contribution in [3.05, 3.63) is 24.3 Å². The number of carboxylic acids is 2. The van der Waals surface area contributed by atoms with Gasteiger partial charge in [0, 0.05) is 24.0 Å². The lowest BCUT2D eigenvalue weighted by Gasteiger charge is -1.92. The van der Waals surface area contributed by atoms with Crippen molar-refractivity contribution < 1.29 is 34.1 Å². The minimum Gasteiger partial charge on any atom is -0.478 e. The Hall–Kier alpha value is -2.44. The molecule has 0 saturated carbocycles. The highest BCUT2D eigenvalue weighted by Gasteiger charge is 2.13. The third-order valence-corrected chi connectivity index (χ3v) is 1.97. The van der Waals surface area contributed by atoms with E-state index in [4.69, 9.17) is 10.2 Å². The van der Waals surface area contributed by atoms with Crippen LogP contribution in [0.25, 0.3) is 0 Å². The number of esters is 2. The van der Waals surface area contributed by atoms with Crippen LogP contribution in [-0.2, 0) is 23.9 Å². The zero-order valence-corrected chi connectivity index (χ0v) is 12.2. The summed E-state index contributed by atoms with van der Waals surface area (Å²) in [7, 11) is 0. The van der Waals surface area contributed by atoms with Gasteiger partial charge < -0.3 is 14.9 Å². The highest BCUT2D eigenvalue weighted by molar-refractivity contribution is 5.86. The van der Waals surface area contributed by atoms with E-state index in [2.05, 4.69) is 17.9 Å². The van der Waals surface area contributed by atoms with Crippen LogP contribution in [0.15, 0.2) is 24.3 Å². The van der Waals surface area contributed by atoms with Gasteiger partial charge in [0.05, 0.1) is 0 Å². The molecule has 118 valence electrons. The van der Waals surface area contributed by atoms with Crippen LogP contribution < -0.4 is 0 Å². The van der Waals surface area contributed by atoms with Gasteiger partial charge in [0.1, 0.15) is 0 Å². The second kappa shape index (κ2) is 11.4. The maximum atomic E-state index is 10.5. The molecule has 0 aliphatic carbocycles. The molecule has 0 atom stereocenters. The molecule has 1 saturated heterocycles. The van der Waals surface area contributed by atoms with Crippen molar-refractivity contribution in [2.75, 3.05) is 0 Å². The SMILES string of the molecule is C=C(C)C(=O)O.C=C(C)C(=O)O.O=C1CCCCC(=O)O1. The van der Waals surface area contributed by atoms with Crippen molar-refractivity contribution in [2.24, 2.45) is 0 Å². The lowest BCUT2D eigenvalue weighted by molar-refractivity contribution is -0.158. The average Bonchev–Trinajstić information content (AvgIpc) is 2.54. The third kappa shape index (κ3) is 15.5. The topological polar surface area (TPSA) is 118 Å². The quantitative estimate of drug-likeness (QED) is 0.454. The molecule has 1 rings (SSSR count). The molecule has 1 heterocycles. The number of hydrogen-bond donors (Lipinski definition) is 2. The highest BCUT2D eigenvalue weighted by atomic mass is 16.6. The highest BCUT2D eigenvalue weighted by Crippen LogP contribution is 2.07. The van der Waals surface area contributed by atoms with Gasteiger partial charge in [-0.05, 0) is 26.7 Å². The maximum absolute atomic E-state index is 10.5. The minimum absolute atomic E-state index is 0.176. The number of aliphatic carboxylic acids is 2. The molecule has 7 nitrogen and oxygen atoms in total. The minimum atomic E-state index is -0.935. The second-order valence-corrected chi connectivity index (χ2v) is 4.22. The second-order valence-electron chi connectivity index (χ2n) is 4.22. The number of ether oxygens (including phenoxy) is 1. The molecule has 0 amide bonds. The van der Waals surface area contributed by atoms with Crippen molar-refractivity contribution in [1.29, 1.82) is 0 Å². The molecule has 0 radical (unpaired) electrons. The molecule has 2 N–H and O–H groups in total. The Labute approximate surface area is 122 Å². The van der Waals surface area contributed by atoms with Crippen LogP contribution in [0.2, 0.25) is 0 Å². The van der Waals surface area contributed by atoms with Crippen molar-refractivity contribution in [2.45, 2.75) is 39.5 Å². The van der Waals surface area contributed by atoms with Crippen LogP contribution in [0, 0.1) is 0 Å². The zero-order valence-electron chi connectivity index (χ0n) is 12.2. The van der Waals surface area contributed by atoms with E-state index in [1.165, 1.54) is 13.8 Å². The van der Waals surface area contributed by atoms with E-state index in [-0.39, 0.29) is 23.1 Å². The van der Waals surface area contributed by atoms with E-state index in [0.29, 0.717) is 12.8 Å². The van der Waals surface area contributed by atoms with Crippen molar-refractivity contribution in [3.63, 3.8) is 0 Å². The van der Waals surface area contributed by atoms with Crippen LogP contribution in [-0.4, -0.2) is 34.1 Å². The molecule has 21 heavy (non-hydrogen) atoms. The summed E-state index contributed by atoms with van der Waals surface area (Å²) in [5, 5.41) is 15.8. The van der Waals surface area contributed by atoms with Gasteiger partial charge in [-0.25, -0.2) is 9.59 Å². The summed E-state index contributed by atoms with van der Waals surface area (Å²) >= 11 is 0. The molecule has 1 aliphatic rings. The Balaban J connectivity index is 0. The molecule has 1 aliphatic heterocycles. The monoisotopic (exact) mass is 300 g/mol. The van der Waals surface area contributed by atoms with E-state index < -0.39 is 11.9 Å². The number of rotatable bonds is 2. The Morgan fingerprint density at radius 1 is 0.905 bits per heavy atom. The third-order valence-electron chi connectivity index (χ3n) is 1.97. The van der Waals surface area contributed by atoms with Crippen molar-refractivity contribution in [3.8, 4) is 0 Å². The number of carbonyl (C=O) groups is 4. The average molecular weight is 300 g/mol. The fraction of sp³-hybridized carbons (Fsp3) is 0.429.